The van der Waals surface area contributed by atoms with Crippen LogP contribution in [-0.2, 0) is 9.53 Å². The highest BCUT2D eigenvalue weighted by Gasteiger charge is 2.25. The second-order valence-corrected chi connectivity index (χ2v) is 7.26. The maximum absolute atomic E-state index is 12.3. The molecule has 0 saturated carbocycles. The van der Waals surface area contributed by atoms with Crippen LogP contribution in [0.4, 0.5) is 0 Å². The van der Waals surface area contributed by atoms with E-state index >= 15 is 0 Å². The van der Waals surface area contributed by atoms with Gasteiger partial charge in [-0.2, -0.15) is 0 Å². The van der Waals surface area contributed by atoms with E-state index < -0.39 is 0 Å². The fraction of sp³-hybridized carbons (Fsp3) is 0.381. The first kappa shape index (κ1) is 22.5. The second kappa shape index (κ2) is 10.7. The number of amides is 1. The molecule has 1 atom stereocenters. The molecule has 1 N–H and O–H groups in total. The first-order valence-corrected chi connectivity index (χ1v) is 9.93. The van der Waals surface area contributed by atoms with E-state index in [1.54, 1.807) is 24.3 Å². The van der Waals surface area contributed by atoms with E-state index in [9.17, 15) is 4.79 Å². The number of nitrogens with one attached hydrogen (secondary N) is 1. The van der Waals surface area contributed by atoms with E-state index in [-0.39, 0.29) is 37.8 Å². The summed E-state index contributed by atoms with van der Waals surface area (Å²) in [6, 6.07) is 12.8. The Labute approximate surface area is 186 Å². The SMILES string of the molecule is Cl.O=C(COc1ccc(Cl)cc1)NCC(c1ccc2c(c1)OCO2)N1CCOCC1. The quantitative estimate of drug-likeness (QED) is 0.693. The minimum Gasteiger partial charge on any atom is -0.484 e. The summed E-state index contributed by atoms with van der Waals surface area (Å²) in [5.74, 6) is 1.90. The van der Waals surface area contributed by atoms with Gasteiger partial charge in [-0.05, 0) is 42.0 Å². The van der Waals surface area contributed by atoms with Crippen LogP contribution >= 0.6 is 24.0 Å². The van der Waals surface area contributed by atoms with Crippen LogP contribution in [-0.4, -0.2) is 57.1 Å². The molecular weight excluding hydrogens is 431 g/mol. The van der Waals surface area contributed by atoms with Crippen LogP contribution in [0.3, 0.4) is 0 Å². The highest BCUT2D eigenvalue weighted by atomic mass is 35.5. The normalized spacial score (nSPS) is 16.4. The second-order valence-electron chi connectivity index (χ2n) is 6.82. The van der Waals surface area contributed by atoms with Gasteiger partial charge in [0, 0.05) is 24.7 Å². The first-order chi connectivity index (χ1) is 14.2. The van der Waals surface area contributed by atoms with Crippen LogP contribution in [0.2, 0.25) is 5.02 Å². The first-order valence-electron chi connectivity index (χ1n) is 9.55. The maximum atomic E-state index is 12.3. The average Bonchev–Trinajstić information content (AvgIpc) is 3.22. The Morgan fingerprint density at radius 1 is 1.10 bits per heavy atom. The third-order valence-corrected chi connectivity index (χ3v) is 5.20. The number of nitrogens with zero attached hydrogens (tertiary/aromatic N) is 1. The van der Waals surface area contributed by atoms with Crippen molar-refractivity contribution in [2.45, 2.75) is 6.04 Å². The maximum Gasteiger partial charge on any atom is 0.258 e. The lowest BCUT2D eigenvalue weighted by atomic mass is 10.0. The van der Waals surface area contributed by atoms with Crippen LogP contribution in [0.25, 0.3) is 0 Å². The van der Waals surface area contributed by atoms with Crippen molar-refractivity contribution < 1.29 is 23.7 Å². The number of hydrogen-bond donors (Lipinski definition) is 1. The Morgan fingerprint density at radius 3 is 2.60 bits per heavy atom. The summed E-state index contributed by atoms with van der Waals surface area (Å²) in [6.07, 6.45) is 0. The third-order valence-electron chi connectivity index (χ3n) is 4.94. The number of ether oxygens (including phenoxy) is 4. The van der Waals surface area contributed by atoms with E-state index in [1.807, 2.05) is 18.2 Å². The molecule has 1 amide bonds. The van der Waals surface area contributed by atoms with Gasteiger partial charge in [0.1, 0.15) is 5.75 Å². The molecule has 4 rings (SSSR count). The van der Waals surface area contributed by atoms with Gasteiger partial charge in [0.2, 0.25) is 6.79 Å². The predicted molar refractivity (Wildman–Crippen MR) is 115 cm³/mol. The largest absolute Gasteiger partial charge is 0.484 e. The number of carbonyl (C=O) groups is 1. The zero-order chi connectivity index (χ0) is 20.1. The van der Waals surface area contributed by atoms with Gasteiger partial charge in [0.25, 0.3) is 5.91 Å². The number of morpholine rings is 1. The molecule has 0 radical (unpaired) electrons. The number of carbonyl (C=O) groups excluding carboxylic acids is 1. The molecule has 1 saturated heterocycles. The molecule has 30 heavy (non-hydrogen) atoms. The lowest BCUT2D eigenvalue weighted by molar-refractivity contribution is -0.123. The van der Waals surface area contributed by atoms with Crippen molar-refractivity contribution in [3.05, 3.63) is 53.1 Å². The van der Waals surface area contributed by atoms with Gasteiger partial charge < -0.3 is 24.3 Å². The lowest BCUT2D eigenvalue weighted by Crippen LogP contribution is -2.44. The minimum absolute atomic E-state index is 0. The summed E-state index contributed by atoms with van der Waals surface area (Å²) in [7, 11) is 0. The molecule has 162 valence electrons. The average molecular weight is 455 g/mol. The Morgan fingerprint density at radius 2 is 1.83 bits per heavy atom. The van der Waals surface area contributed by atoms with Crippen molar-refractivity contribution in [2.75, 3.05) is 46.2 Å². The molecule has 2 aliphatic heterocycles. The zero-order valence-electron chi connectivity index (χ0n) is 16.3. The van der Waals surface area contributed by atoms with E-state index in [2.05, 4.69) is 10.2 Å². The van der Waals surface area contributed by atoms with Gasteiger partial charge in [-0.1, -0.05) is 17.7 Å². The summed E-state index contributed by atoms with van der Waals surface area (Å²) in [5.41, 5.74) is 1.06. The number of halogens is 2. The molecular formula is C21H24Cl2N2O5. The van der Waals surface area contributed by atoms with Crippen LogP contribution < -0.4 is 19.5 Å². The van der Waals surface area contributed by atoms with Gasteiger partial charge in [-0.25, -0.2) is 0 Å². The van der Waals surface area contributed by atoms with Gasteiger partial charge in [0.15, 0.2) is 18.1 Å². The van der Waals surface area contributed by atoms with Crippen molar-refractivity contribution in [1.29, 1.82) is 0 Å². The van der Waals surface area contributed by atoms with E-state index in [1.165, 1.54) is 0 Å². The summed E-state index contributed by atoms with van der Waals surface area (Å²) in [6.45, 7) is 3.59. The van der Waals surface area contributed by atoms with Crippen LogP contribution in [0, 0.1) is 0 Å². The molecule has 0 bridgehead atoms. The Kier molecular flexibility index (Phi) is 8.04. The van der Waals surface area contributed by atoms with E-state index in [0.717, 1.165) is 30.2 Å². The Hall–Kier alpha value is -2.19. The summed E-state index contributed by atoms with van der Waals surface area (Å²) in [4.78, 5) is 14.6. The van der Waals surface area contributed by atoms with Gasteiger partial charge in [-0.15, -0.1) is 12.4 Å². The van der Waals surface area contributed by atoms with Crippen molar-refractivity contribution in [2.24, 2.45) is 0 Å². The number of hydrogen-bond acceptors (Lipinski definition) is 6. The van der Waals surface area contributed by atoms with Crippen LogP contribution in [0.5, 0.6) is 17.2 Å². The predicted octanol–water partition coefficient (Wildman–Crippen LogP) is 3.06. The summed E-state index contributed by atoms with van der Waals surface area (Å²) in [5, 5.41) is 3.61. The topological polar surface area (TPSA) is 69.3 Å². The van der Waals surface area contributed by atoms with Crippen molar-refractivity contribution >= 4 is 29.9 Å². The fourth-order valence-corrected chi connectivity index (χ4v) is 3.53. The van der Waals surface area contributed by atoms with Gasteiger partial charge in [-0.3, -0.25) is 9.69 Å². The highest BCUT2D eigenvalue weighted by molar-refractivity contribution is 6.30. The Balaban J connectivity index is 0.00000256. The van der Waals surface area contributed by atoms with Crippen molar-refractivity contribution in [1.82, 2.24) is 10.2 Å². The van der Waals surface area contributed by atoms with E-state index in [0.29, 0.717) is 30.5 Å². The minimum atomic E-state index is -0.182. The molecule has 7 nitrogen and oxygen atoms in total. The number of rotatable bonds is 7. The zero-order valence-corrected chi connectivity index (χ0v) is 17.9. The molecule has 2 aromatic rings. The summed E-state index contributed by atoms with van der Waals surface area (Å²) >= 11 is 5.86. The third kappa shape index (κ3) is 5.70. The number of fused-ring (bicyclic) bond motifs is 1. The fourth-order valence-electron chi connectivity index (χ4n) is 3.41. The molecule has 2 aromatic carbocycles. The molecule has 2 heterocycles. The molecule has 9 heteroatoms. The molecule has 0 spiro atoms. The van der Waals surface area contributed by atoms with Crippen LogP contribution in [0.15, 0.2) is 42.5 Å². The van der Waals surface area contributed by atoms with E-state index in [4.69, 9.17) is 30.5 Å². The highest BCUT2D eigenvalue weighted by Crippen LogP contribution is 2.35. The summed E-state index contributed by atoms with van der Waals surface area (Å²) < 4.78 is 21.9. The van der Waals surface area contributed by atoms with Crippen molar-refractivity contribution in [3.8, 4) is 17.2 Å². The Bertz CT molecular complexity index is 844. The molecule has 1 unspecified atom stereocenters. The molecule has 0 aromatic heterocycles. The molecule has 2 aliphatic rings. The standard InChI is InChI=1S/C21H23ClN2O5.ClH/c22-16-2-4-17(5-3-16)27-13-21(25)23-12-18(24-7-9-26-10-8-24)15-1-6-19-20(11-15)29-14-28-19;/h1-6,11,18H,7-10,12-14H2,(H,23,25);1H. The van der Waals surface area contributed by atoms with Gasteiger partial charge in [0.05, 0.1) is 19.3 Å². The monoisotopic (exact) mass is 454 g/mol. The molecule has 0 aliphatic carbocycles. The van der Waals surface area contributed by atoms with Gasteiger partial charge >= 0.3 is 0 Å². The smallest absolute Gasteiger partial charge is 0.258 e. The van der Waals surface area contributed by atoms with Crippen LogP contribution in [0.1, 0.15) is 11.6 Å². The number of benzene rings is 2. The molecule has 1 fully saturated rings. The lowest BCUT2D eigenvalue weighted by Gasteiger charge is -2.35. The van der Waals surface area contributed by atoms with Crippen molar-refractivity contribution in [3.63, 3.8) is 0 Å².